The van der Waals surface area contributed by atoms with E-state index >= 15 is 0 Å². The summed E-state index contributed by atoms with van der Waals surface area (Å²) in [5, 5.41) is 0. The molecule has 0 aromatic heterocycles. The fraction of sp³-hybridized carbons (Fsp3) is 0.771. The molecule has 10 atom stereocenters. The maximum absolute atomic E-state index is 5.85. The molecule has 0 aromatic rings. The van der Waals surface area contributed by atoms with Crippen LogP contribution in [0.25, 0.3) is 9.96 Å². The van der Waals surface area contributed by atoms with E-state index in [0.29, 0.717) is 22.9 Å². The van der Waals surface area contributed by atoms with Crippen molar-refractivity contribution in [3.05, 3.63) is 66.4 Å². The monoisotopic (exact) mass is 676 g/mol. The minimum absolute atomic E-state index is 0. The molecule has 2 rings (SSSR count). The van der Waals surface area contributed by atoms with Gasteiger partial charge in [0.15, 0.2) is 0 Å². The Morgan fingerprint density at radius 2 is 0.732 bits per heavy atom. The Kier molecular flexibility index (Phi) is 28.6. The quantitative estimate of drug-likeness (QED) is 0.198. The van der Waals surface area contributed by atoms with Crippen LogP contribution in [0.15, 0.2) is 0 Å². The van der Waals surface area contributed by atoms with E-state index in [2.05, 4.69) is 110 Å². The van der Waals surface area contributed by atoms with Crippen LogP contribution in [0.2, 0.25) is 29.8 Å². The molecule has 10 unspecified atom stereocenters. The molecule has 41 heavy (non-hydrogen) atoms. The molecule has 2 aliphatic carbocycles. The summed E-state index contributed by atoms with van der Waals surface area (Å²) in [6.07, 6.45) is 0. The summed E-state index contributed by atoms with van der Waals surface area (Å²) in [6.45, 7) is 39.2. The molecule has 2 aliphatic rings. The first-order valence-corrected chi connectivity index (χ1v) is 19.3. The topological polar surface area (TPSA) is 28.2 Å². The standard InChI is InChI=1S/C29H58N2Si2.6CH3.2Ti/c1-18-19(2)23(6)26(22(18)5)32(15,30-28(9,10)11)17-33(16,31-29(12,13)14)27-24(7)20(3)21(4)25(27)8;;;;;;;;/h18-22,24,26-27H,17H2,1-16H3;6*1H3;;/q-2;6*-1;2*+4. The predicted molar refractivity (Wildman–Crippen MR) is 193 cm³/mol. The average molecular weight is 677 g/mol. The van der Waals surface area contributed by atoms with Gasteiger partial charge in [-0.2, -0.15) is 0 Å². The molecule has 0 aliphatic heterocycles. The predicted octanol–water partition coefficient (Wildman–Crippen LogP) is 12.5. The normalized spacial score (nSPS) is 32.8. The SMILES string of the molecule is C[C]1C(C)C(C)C(C)C1[Si](C)(C[Si](C)([N-]C(C)(C)C)C1[C](C)C(C)C(C)C1C)[N-]C(C)(C)C.[CH3-].[CH3-].[CH3-].[CH3-].[CH3-].[CH3-].[Ti+4].[Ti+4]. The second-order valence-electron chi connectivity index (χ2n) is 14.9. The number of rotatable bonds is 6. The van der Waals surface area contributed by atoms with Crippen LogP contribution in [0.3, 0.4) is 0 Å². The van der Waals surface area contributed by atoms with Crippen LogP contribution in [-0.2, 0) is 43.4 Å². The summed E-state index contributed by atoms with van der Waals surface area (Å²) < 4.78 is 0. The largest absolute Gasteiger partial charge is 4.00 e. The Bertz CT molecular complexity index is 596. The van der Waals surface area contributed by atoms with E-state index in [0.717, 1.165) is 23.7 Å². The summed E-state index contributed by atoms with van der Waals surface area (Å²) in [4.78, 5) is 11.7. The maximum atomic E-state index is 5.85. The van der Waals surface area contributed by atoms with Crippen molar-refractivity contribution in [3.8, 4) is 0 Å². The average Bonchev–Trinajstić information content (AvgIpc) is 2.91. The molecule has 0 spiro atoms. The Morgan fingerprint density at radius 1 is 0.512 bits per heavy atom. The van der Waals surface area contributed by atoms with Crippen molar-refractivity contribution in [3.63, 3.8) is 0 Å². The zero-order valence-electron chi connectivity index (χ0n) is 32.2. The summed E-state index contributed by atoms with van der Waals surface area (Å²) in [5.41, 5.74) is 2.67. The van der Waals surface area contributed by atoms with Crippen molar-refractivity contribution in [1.29, 1.82) is 0 Å². The molecule has 0 amide bonds. The molecule has 2 fully saturated rings. The third-order valence-corrected chi connectivity index (χ3v) is 22.7. The first-order chi connectivity index (χ1) is 14.7. The Labute approximate surface area is 297 Å². The van der Waals surface area contributed by atoms with Gasteiger partial charge in [-0.3, -0.25) is 0 Å². The third kappa shape index (κ3) is 12.8. The van der Waals surface area contributed by atoms with Gasteiger partial charge in [-0.15, -0.1) is 11.1 Å². The van der Waals surface area contributed by atoms with Crippen molar-refractivity contribution in [2.24, 2.45) is 35.5 Å². The zero-order valence-corrected chi connectivity index (χ0v) is 37.3. The van der Waals surface area contributed by atoms with Gasteiger partial charge in [0.25, 0.3) is 0 Å². The van der Waals surface area contributed by atoms with Crippen LogP contribution in [-0.4, -0.2) is 27.5 Å². The van der Waals surface area contributed by atoms with Gasteiger partial charge in [-0.05, 0) is 47.3 Å². The van der Waals surface area contributed by atoms with Gasteiger partial charge in [0.2, 0.25) is 0 Å². The van der Waals surface area contributed by atoms with Gasteiger partial charge in [-0.25, -0.2) is 0 Å². The third-order valence-electron chi connectivity index (χ3n) is 9.94. The first kappa shape index (κ1) is 58.3. The van der Waals surface area contributed by atoms with E-state index in [1.165, 1.54) is 5.67 Å². The summed E-state index contributed by atoms with van der Waals surface area (Å²) in [6, 6.07) is 0. The summed E-state index contributed by atoms with van der Waals surface area (Å²) in [5.74, 6) is 7.85. The van der Waals surface area contributed by atoms with Gasteiger partial charge < -0.3 is 54.5 Å². The van der Waals surface area contributed by atoms with Gasteiger partial charge in [-0.1, -0.05) is 143 Å². The van der Waals surface area contributed by atoms with E-state index in [-0.39, 0.29) is 99.1 Å². The number of hydrogen-bond acceptors (Lipinski definition) is 0. The summed E-state index contributed by atoms with van der Waals surface area (Å²) in [7, 11) is -4.05. The number of nitrogens with zero attached hydrogens (tertiary/aromatic N) is 2. The van der Waals surface area contributed by atoms with Crippen molar-refractivity contribution < 1.29 is 43.4 Å². The van der Waals surface area contributed by atoms with Gasteiger partial charge in [0.1, 0.15) is 0 Å². The Hall–Kier alpha value is 1.78. The first-order valence-electron chi connectivity index (χ1n) is 13.8. The fourth-order valence-corrected chi connectivity index (χ4v) is 25.4. The fourth-order valence-electron chi connectivity index (χ4n) is 8.55. The molecular weight excluding hydrogens is 600 g/mol. The van der Waals surface area contributed by atoms with Crippen LogP contribution < -0.4 is 0 Å². The smallest absolute Gasteiger partial charge is 0.660 e. The second-order valence-corrected chi connectivity index (χ2v) is 23.4. The molecule has 0 N–H and O–H groups in total. The molecule has 0 aromatic carbocycles. The molecule has 0 bridgehead atoms. The Balaban J connectivity index is -0.000000289. The molecule has 2 nitrogen and oxygen atoms in total. The molecule has 6 heteroatoms. The minimum Gasteiger partial charge on any atom is -0.660 e. The van der Waals surface area contributed by atoms with E-state index in [1.54, 1.807) is 11.8 Å². The molecule has 2 saturated carbocycles. The molecule has 242 valence electrons. The van der Waals surface area contributed by atoms with Crippen LogP contribution in [0.5, 0.6) is 0 Å². The van der Waals surface area contributed by atoms with Gasteiger partial charge in [0, 0.05) is 0 Å². The zero-order chi connectivity index (χ0) is 25.9. The van der Waals surface area contributed by atoms with Gasteiger partial charge >= 0.3 is 43.4 Å². The van der Waals surface area contributed by atoms with Crippen molar-refractivity contribution in [1.82, 2.24) is 0 Å². The minimum atomic E-state index is -2.02. The van der Waals surface area contributed by atoms with E-state index < -0.39 is 16.5 Å². The van der Waals surface area contributed by atoms with Crippen molar-refractivity contribution >= 4 is 16.5 Å². The molecular formula is C35H76N2Si2Ti2. The van der Waals surface area contributed by atoms with E-state index in [1.807, 2.05) is 0 Å². The Morgan fingerprint density at radius 3 is 0.878 bits per heavy atom. The van der Waals surface area contributed by atoms with Crippen LogP contribution in [0.1, 0.15) is 96.9 Å². The molecule has 0 saturated heterocycles. The second kappa shape index (κ2) is 20.1. The van der Waals surface area contributed by atoms with Crippen LogP contribution >= 0.6 is 0 Å². The van der Waals surface area contributed by atoms with Crippen LogP contribution in [0.4, 0.5) is 0 Å². The van der Waals surface area contributed by atoms with Crippen LogP contribution in [0, 0.1) is 91.9 Å². The van der Waals surface area contributed by atoms with Crippen molar-refractivity contribution in [2.75, 3.05) is 0 Å². The van der Waals surface area contributed by atoms with Gasteiger partial charge in [0.05, 0.1) is 0 Å². The number of hydrogen-bond donors (Lipinski definition) is 0. The maximum Gasteiger partial charge on any atom is 4.00 e. The molecule has 2 radical (unpaired) electrons. The molecule has 0 heterocycles. The van der Waals surface area contributed by atoms with E-state index in [9.17, 15) is 0 Å². The van der Waals surface area contributed by atoms with Crippen molar-refractivity contribution in [2.45, 2.75) is 138 Å². The van der Waals surface area contributed by atoms with E-state index in [4.69, 9.17) is 9.96 Å². The summed E-state index contributed by atoms with van der Waals surface area (Å²) >= 11 is 0.